The van der Waals surface area contributed by atoms with Crippen molar-refractivity contribution in [3.63, 3.8) is 0 Å². The van der Waals surface area contributed by atoms with Gasteiger partial charge in [-0.25, -0.2) is 0 Å². The highest BCUT2D eigenvalue weighted by molar-refractivity contribution is 7.26. The molecule has 2 aliphatic carbocycles. The number of fused-ring (bicyclic) bond motifs is 9. The Bertz CT molecular complexity index is 4240. The number of anilines is 3. The number of nitrogens with zero attached hydrogens (tertiary/aromatic N) is 1. The first-order chi connectivity index (χ1) is 37.7. The van der Waals surface area contributed by atoms with Crippen molar-refractivity contribution < 1.29 is 0 Å². The van der Waals surface area contributed by atoms with E-state index in [9.17, 15) is 0 Å². The summed E-state index contributed by atoms with van der Waals surface area (Å²) in [6.07, 6.45) is 0. The zero-order chi connectivity index (χ0) is 50.2. The molecule has 1 aromatic heterocycles. The number of rotatable bonds is 9. The van der Waals surface area contributed by atoms with E-state index >= 15 is 0 Å². The Kier molecular flexibility index (Phi) is 10.3. The van der Waals surface area contributed by atoms with E-state index in [-0.39, 0.29) is 0 Å². The molecule has 0 saturated carbocycles. The predicted octanol–water partition coefficient (Wildman–Crippen LogP) is 19.6. The smallest absolute Gasteiger partial charge is 0.0714 e. The highest BCUT2D eigenvalue weighted by Crippen LogP contribution is 2.59. The first-order valence-electron chi connectivity index (χ1n) is 26.3. The van der Waals surface area contributed by atoms with Crippen molar-refractivity contribution in [1.82, 2.24) is 0 Å². The Labute approximate surface area is 447 Å². The fraction of sp³-hybridized carbons (Fsp3) is 0.0270. The first kappa shape index (κ1) is 44.2. The van der Waals surface area contributed by atoms with Crippen LogP contribution in [0.2, 0.25) is 0 Å². The second kappa shape index (κ2) is 17.7. The quantitative estimate of drug-likeness (QED) is 0.139. The minimum absolute atomic E-state index is 0.499. The standard InChI is InChI=1S/C74H49NS/c1-4-22-53(23-5-1)73(67-34-14-10-28-61(67)62-29-11-15-35-68(62)73)56-40-44-58(45-41-56)75(57-42-38-50(39-43-57)51-20-18-21-52(48-51)60-32-19-33-66-65-31-13-17-37-71(65)76-72(60)66)59-46-47-64-63-30-12-16-36-69(63)74(70(64)49-59,54-24-6-2-7-25-54)55-26-8-3-9-27-55/h1-49H. The third-order valence-electron chi connectivity index (χ3n) is 16.5. The molecule has 0 radical (unpaired) electrons. The lowest BCUT2D eigenvalue weighted by Crippen LogP contribution is -2.29. The number of hydrogen-bond acceptors (Lipinski definition) is 2. The maximum atomic E-state index is 2.48. The molecule has 2 heteroatoms. The van der Waals surface area contributed by atoms with Crippen molar-refractivity contribution >= 4 is 48.6 Å². The van der Waals surface area contributed by atoms with Crippen LogP contribution in [0.1, 0.15) is 44.5 Å². The van der Waals surface area contributed by atoms with Gasteiger partial charge >= 0.3 is 0 Å². The van der Waals surface area contributed by atoms with Gasteiger partial charge in [-0.15, -0.1) is 11.3 Å². The Morgan fingerprint density at radius 3 is 1.26 bits per heavy atom. The lowest BCUT2D eigenvalue weighted by atomic mass is 9.67. The molecule has 0 fully saturated rings. The summed E-state index contributed by atoms with van der Waals surface area (Å²) >= 11 is 1.88. The van der Waals surface area contributed by atoms with Gasteiger partial charge in [0.05, 0.1) is 10.8 Å². The van der Waals surface area contributed by atoms with E-state index in [0.29, 0.717) is 0 Å². The Hall–Kier alpha value is -9.34. The van der Waals surface area contributed by atoms with E-state index in [0.717, 1.165) is 17.1 Å². The van der Waals surface area contributed by atoms with Gasteiger partial charge in [-0.1, -0.05) is 249 Å². The highest BCUT2D eigenvalue weighted by Gasteiger charge is 2.47. The lowest BCUT2D eigenvalue weighted by Gasteiger charge is -2.35. The summed E-state index contributed by atoms with van der Waals surface area (Å²) in [5.41, 5.74) is 22.3. The van der Waals surface area contributed by atoms with Crippen molar-refractivity contribution in [1.29, 1.82) is 0 Å². The zero-order valence-corrected chi connectivity index (χ0v) is 42.5. The third-order valence-corrected chi connectivity index (χ3v) is 17.7. The minimum Gasteiger partial charge on any atom is -0.310 e. The van der Waals surface area contributed by atoms with Gasteiger partial charge in [0, 0.05) is 37.2 Å². The third kappa shape index (κ3) is 6.57. The molecule has 0 unspecified atom stereocenters. The van der Waals surface area contributed by atoms with Gasteiger partial charge in [0.2, 0.25) is 0 Å². The normalized spacial score (nSPS) is 13.5. The van der Waals surface area contributed by atoms with Gasteiger partial charge < -0.3 is 4.90 Å². The van der Waals surface area contributed by atoms with E-state index in [2.05, 4.69) is 302 Å². The molecule has 2 aliphatic rings. The molecule has 76 heavy (non-hydrogen) atoms. The van der Waals surface area contributed by atoms with Crippen LogP contribution < -0.4 is 4.90 Å². The Balaban J connectivity index is 0.904. The molecule has 0 amide bonds. The van der Waals surface area contributed by atoms with Crippen LogP contribution in [0.3, 0.4) is 0 Å². The molecular formula is C74H49NS. The lowest BCUT2D eigenvalue weighted by molar-refractivity contribution is 0.768. The molecule has 0 N–H and O–H groups in total. The van der Waals surface area contributed by atoms with Crippen molar-refractivity contribution in [2.24, 2.45) is 0 Å². The molecule has 15 rings (SSSR count). The monoisotopic (exact) mass is 983 g/mol. The molecule has 0 saturated heterocycles. The van der Waals surface area contributed by atoms with Gasteiger partial charge in [0.1, 0.15) is 0 Å². The number of thiophene rings is 1. The summed E-state index contributed by atoms with van der Waals surface area (Å²) in [6, 6.07) is 111. The average Bonchev–Trinajstić information content (AvgIpc) is 4.29. The second-order valence-corrected chi connectivity index (χ2v) is 21.3. The van der Waals surface area contributed by atoms with Crippen LogP contribution in [-0.2, 0) is 10.8 Å². The van der Waals surface area contributed by atoms with E-state index in [1.807, 2.05) is 11.3 Å². The van der Waals surface area contributed by atoms with Crippen molar-refractivity contribution in [2.45, 2.75) is 10.8 Å². The summed E-state index contributed by atoms with van der Waals surface area (Å²) < 4.78 is 2.65. The summed E-state index contributed by atoms with van der Waals surface area (Å²) in [4.78, 5) is 2.46. The molecule has 1 heterocycles. The molecule has 0 atom stereocenters. The summed E-state index contributed by atoms with van der Waals surface area (Å²) in [5, 5.41) is 2.63. The maximum Gasteiger partial charge on any atom is 0.0714 e. The minimum atomic E-state index is -0.541. The van der Waals surface area contributed by atoms with Crippen LogP contribution >= 0.6 is 11.3 Å². The Morgan fingerprint density at radius 1 is 0.250 bits per heavy atom. The van der Waals surface area contributed by atoms with Gasteiger partial charge in [0.15, 0.2) is 0 Å². The van der Waals surface area contributed by atoms with Crippen LogP contribution in [0.5, 0.6) is 0 Å². The van der Waals surface area contributed by atoms with Crippen molar-refractivity contribution in [3.05, 3.63) is 342 Å². The fourth-order valence-electron chi connectivity index (χ4n) is 13.2. The van der Waals surface area contributed by atoms with Gasteiger partial charge in [-0.2, -0.15) is 0 Å². The molecule has 12 aromatic carbocycles. The molecule has 1 nitrogen and oxygen atoms in total. The molecule has 0 spiro atoms. The SMILES string of the molecule is c1ccc(C2(c3ccc(N(c4ccc(-c5cccc(-c6cccc7c6sc6ccccc67)c5)cc4)c4ccc5c(c4)C(c4ccccc4)(c4ccccc4)c4ccccc4-5)cc3)c3ccccc3-c3ccccc32)cc1. The van der Waals surface area contributed by atoms with Crippen molar-refractivity contribution in [2.75, 3.05) is 4.90 Å². The number of benzene rings is 12. The van der Waals surface area contributed by atoms with Crippen LogP contribution in [0.25, 0.3) is 64.7 Å². The van der Waals surface area contributed by atoms with E-state index < -0.39 is 10.8 Å². The molecule has 356 valence electrons. The molecule has 13 aromatic rings. The summed E-state index contributed by atoms with van der Waals surface area (Å²) in [5.74, 6) is 0. The summed E-state index contributed by atoms with van der Waals surface area (Å²) in [7, 11) is 0. The van der Waals surface area contributed by atoms with Gasteiger partial charge in [-0.05, 0) is 138 Å². The van der Waals surface area contributed by atoms with Crippen LogP contribution in [0, 0.1) is 0 Å². The number of hydrogen-bond donors (Lipinski definition) is 0. The van der Waals surface area contributed by atoms with E-state index in [4.69, 9.17) is 0 Å². The van der Waals surface area contributed by atoms with Crippen LogP contribution in [0.4, 0.5) is 17.1 Å². The highest BCUT2D eigenvalue weighted by atomic mass is 32.1. The fourth-order valence-corrected chi connectivity index (χ4v) is 14.5. The van der Waals surface area contributed by atoms with Gasteiger partial charge in [0.25, 0.3) is 0 Å². The van der Waals surface area contributed by atoms with Crippen LogP contribution in [-0.4, -0.2) is 0 Å². The average molecular weight is 984 g/mol. The second-order valence-electron chi connectivity index (χ2n) is 20.3. The van der Waals surface area contributed by atoms with Gasteiger partial charge in [-0.3, -0.25) is 0 Å². The summed E-state index contributed by atoms with van der Waals surface area (Å²) in [6.45, 7) is 0. The topological polar surface area (TPSA) is 3.24 Å². The van der Waals surface area contributed by atoms with Crippen molar-refractivity contribution in [3.8, 4) is 44.5 Å². The predicted molar refractivity (Wildman–Crippen MR) is 319 cm³/mol. The van der Waals surface area contributed by atoms with E-state index in [1.165, 1.54) is 109 Å². The zero-order valence-electron chi connectivity index (χ0n) is 41.6. The molecule has 0 bridgehead atoms. The first-order valence-corrected chi connectivity index (χ1v) is 27.1. The largest absolute Gasteiger partial charge is 0.310 e. The Morgan fingerprint density at radius 2 is 0.671 bits per heavy atom. The van der Waals surface area contributed by atoms with E-state index in [1.54, 1.807) is 0 Å². The molecular weight excluding hydrogens is 935 g/mol. The van der Waals surface area contributed by atoms with Crippen LogP contribution in [0.15, 0.2) is 297 Å². The maximum absolute atomic E-state index is 2.48. The molecule has 0 aliphatic heterocycles.